The average molecular weight is 401 g/mol. The Morgan fingerprint density at radius 2 is 1.89 bits per heavy atom. The average Bonchev–Trinajstić information content (AvgIpc) is 3.05. The van der Waals surface area contributed by atoms with Crippen LogP contribution in [0.3, 0.4) is 0 Å². The molecule has 0 atom stereocenters. The molecule has 8 heteroatoms. The number of imidazole rings is 1. The SMILES string of the molecule is Cn1ccnc1SCC(=O)Nc1ccc(C(=O)Nc2cccc(Cl)c2)cc1. The summed E-state index contributed by atoms with van der Waals surface area (Å²) in [4.78, 5) is 28.5. The van der Waals surface area contributed by atoms with Crippen LogP contribution in [0, 0.1) is 0 Å². The molecule has 2 N–H and O–H groups in total. The fourth-order valence-electron chi connectivity index (χ4n) is 2.29. The summed E-state index contributed by atoms with van der Waals surface area (Å²) in [6, 6.07) is 13.6. The minimum Gasteiger partial charge on any atom is -0.329 e. The van der Waals surface area contributed by atoms with Crippen LogP contribution in [0.2, 0.25) is 5.02 Å². The normalized spacial score (nSPS) is 10.4. The zero-order valence-electron chi connectivity index (χ0n) is 14.5. The highest BCUT2D eigenvalue weighted by Gasteiger charge is 2.09. The first kappa shape index (κ1) is 19.0. The predicted octanol–water partition coefficient (Wildman–Crippen LogP) is 4.06. The molecule has 0 aliphatic heterocycles. The largest absolute Gasteiger partial charge is 0.329 e. The van der Waals surface area contributed by atoms with Crippen LogP contribution < -0.4 is 10.6 Å². The van der Waals surface area contributed by atoms with Gasteiger partial charge in [0.1, 0.15) is 0 Å². The number of aromatic nitrogens is 2. The molecule has 0 unspecified atom stereocenters. The van der Waals surface area contributed by atoms with Crippen molar-refractivity contribution in [1.82, 2.24) is 9.55 Å². The Labute approximate surface area is 165 Å². The van der Waals surface area contributed by atoms with E-state index in [9.17, 15) is 9.59 Å². The highest BCUT2D eigenvalue weighted by molar-refractivity contribution is 7.99. The molecule has 0 spiro atoms. The van der Waals surface area contributed by atoms with Crippen molar-refractivity contribution in [3.05, 3.63) is 71.5 Å². The molecule has 3 rings (SSSR count). The van der Waals surface area contributed by atoms with Gasteiger partial charge in [-0.2, -0.15) is 0 Å². The summed E-state index contributed by atoms with van der Waals surface area (Å²) >= 11 is 7.27. The van der Waals surface area contributed by atoms with Crippen molar-refractivity contribution in [3.63, 3.8) is 0 Å². The zero-order chi connectivity index (χ0) is 19.2. The minimum atomic E-state index is -0.250. The van der Waals surface area contributed by atoms with Crippen LogP contribution in [0.15, 0.2) is 66.1 Å². The topological polar surface area (TPSA) is 76.0 Å². The van der Waals surface area contributed by atoms with Crippen LogP contribution in [-0.2, 0) is 11.8 Å². The number of anilines is 2. The van der Waals surface area contributed by atoms with Gasteiger partial charge < -0.3 is 15.2 Å². The molecular weight excluding hydrogens is 384 g/mol. The molecule has 1 aromatic heterocycles. The maximum absolute atomic E-state index is 12.3. The van der Waals surface area contributed by atoms with E-state index in [0.29, 0.717) is 22.0 Å². The maximum atomic E-state index is 12.3. The Morgan fingerprint density at radius 1 is 1.11 bits per heavy atom. The van der Waals surface area contributed by atoms with Crippen molar-refractivity contribution in [2.24, 2.45) is 7.05 Å². The van der Waals surface area contributed by atoms with Gasteiger partial charge in [-0.05, 0) is 42.5 Å². The molecule has 0 radical (unpaired) electrons. The van der Waals surface area contributed by atoms with E-state index in [4.69, 9.17) is 11.6 Å². The third kappa shape index (κ3) is 5.35. The first-order chi connectivity index (χ1) is 13.0. The van der Waals surface area contributed by atoms with Crippen molar-refractivity contribution in [2.45, 2.75) is 5.16 Å². The molecule has 0 aliphatic carbocycles. The van der Waals surface area contributed by atoms with E-state index < -0.39 is 0 Å². The van der Waals surface area contributed by atoms with E-state index in [-0.39, 0.29) is 17.6 Å². The van der Waals surface area contributed by atoms with E-state index in [0.717, 1.165) is 5.16 Å². The maximum Gasteiger partial charge on any atom is 0.255 e. The quantitative estimate of drug-likeness (QED) is 0.612. The lowest BCUT2D eigenvalue weighted by atomic mass is 10.2. The van der Waals surface area contributed by atoms with Gasteiger partial charge in [0.15, 0.2) is 5.16 Å². The Morgan fingerprint density at radius 3 is 2.56 bits per heavy atom. The standard InChI is InChI=1S/C19H17ClN4O2S/c1-24-10-9-21-19(24)27-12-17(25)22-15-7-5-13(6-8-15)18(26)23-16-4-2-3-14(20)11-16/h2-11H,12H2,1H3,(H,22,25)(H,23,26). The molecule has 2 aromatic carbocycles. The zero-order valence-corrected chi connectivity index (χ0v) is 16.1. The second kappa shape index (κ2) is 8.75. The van der Waals surface area contributed by atoms with Crippen LogP contribution in [0.1, 0.15) is 10.4 Å². The number of nitrogens with zero attached hydrogens (tertiary/aromatic N) is 2. The van der Waals surface area contributed by atoms with E-state index in [1.807, 2.05) is 17.8 Å². The Kier molecular flexibility index (Phi) is 6.16. The van der Waals surface area contributed by atoms with Crippen molar-refractivity contribution < 1.29 is 9.59 Å². The van der Waals surface area contributed by atoms with Gasteiger partial charge in [0, 0.05) is 41.4 Å². The third-order valence-corrected chi connectivity index (χ3v) is 4.92. The molecule has 0 saturated carbocycles. The fourth-order valence-corrected chi connectivity index (χ4v) is 3.22. The first-order valence-corrected chi connectivity index (χ1v) is 9.44. The van der Waals surface area contributed by atoms with Gasteiger partial charge >= 0.3 is 0 Å². The van der Waals surface area contributed by atoms with E-state index in [1.54, 1.807) is 54.7 Å². The van der Waals surface area contributed by atoms with Crippen molar-refractivity contribution >= 4 is 46.6 Å². The van der Waals surface area contributed by atoms with Crippen LogP contribution in [-0.4, -0.2) is 27.1 Å². The second-order valence-corrected chi connectivity index (χ2v) is 7.08. The van der Waals surface area contributed by atoms with Crippen molar-refractivity contribution in [2.75, 3.05) is 16.4 Å². The number of carbonyl (C=O) groups is 2. The molecule has 0 aliphatic rings. The molecule has 2 amide bonds. The number of carbonyl (C=O) groups excluding carboxylic acids is 2. The Hall–Kier alpha value is -2.77. The number of benzene rings is 2. The summed E-state index contributed by atoms with van der Waals surface area (Å²) in [5.74, 6) is -0.137. The van der Waals surface area contributed by atoms with Crippen molar-refractivity contribution in [3.8, 4) is 0 Å². The second-order valence-electron chi connectivity index (χ2n) is 5.70. The lowest BCUT2D eigenvalue weighted by molar-refractivity contribution is -0.113. The number of nitrogens with one attached hydrogen (secondary N) is 2. The molecule has 138 valence electrons. The number of hydrogen-bond donors (Lipinski definition) is 2. The number of hydrogen-bond acceptors (Lipinski definition) is 4. The molecule has 0 bridgehead atoms. The lowest BCUT2D eigenvalue weighted by Crippen LogP contribution is -2.15. The number of thioether (sulfide) groups is 1. The monoisotopic (exact) mass is 400 g/mol. The van der Waals surface area contributed by atoms with Gasteiger partial charge in [0.25, 0.3) is 5.91 Å². The highest BCUT2D eigenvalue weighted by Crippen LogP contribution is 2.18. The van der Waals surface area contributed by atoms with Crippen LogP contribution >= 0.6 is 23.4 Å². The lowest BCUT2D eigenvalue weighted by Gasteiger charge is -2.08. The molecule has 0 fully saturated rings. The van der Waals surface area contributed by atoms with Gasteiger partial charge in [-0.15, -0.1) is 0 Å². The van der Waals surface area contributed by atoms with Crippen LogP contribution in [0.25, 0.3) is 0 Å². The van der Waals surface area contributed by atoms with Gasteiger partial charge in [0.05, 0.1) is 5.75 Å². The van der Waals surface area contributed by atoms with Crippen molar-refractivity contribution in [1.29, 1.82) is 0 Å². The number of aryl methyl sites for hydroxylation is 1. The smallest absolute Gasteiger partial charge is 0.255 e. The minimum absolute atomic E-state index is 0.140. The number of rotatable bonds is 6. The molecule has 1 heterocycles. The molecular formula is C19H17ClN4O2S. The predicted molar refractivity (Wildman–Crippen MR) is 108 cm³/mol. The van der Waals surface area contributed by atoms with E-state index in [1.165, 1.54) is 11.8 Å². The third-order valence-electron chi connectivity index (χ3n) is 3.62. The highest BCUT2D eigenvalue weighted by atomic mass is 35.5. The summed E-state index contributed by atoms with van der Waals surface area (Å²) in [6.07, 6.45) is 3.51. The first-order valence-electron chi connectivity index (χ1n) is 8.08. The summed E-state index contributed by atoms with van der Waals surface area (Å²) in [5.41, 5.74) is 1.73. The van der Waals surface area contributed by atoms with Crippen LogP contribution in [0.5, 0.6) is 0 Å². The molecule has 0 saturated heterocycles. The summed E-state index contributed by atoms with van der Waals surface area (Å²) in [6.45, 7) is 0. The summed E-state index contributed by atoms with van der Waals surface area (Å²) in [5, 5.41) is 6.90. The number of halogens is 1. The van der Waals surface area contributed by atoms with E-state index >= 15 is 0 Å². The van der Waals surface area contributed by atoms with Gasteiger partial charge in [-0.3, -0.25) is 9.59 Å². The van der Waals surface area contributed by atoms with E-state index in [2.05, 4.69) is 15.6 Å². The molecule has 3 aromatic rings. The summed E-state index contributed by atoms with van der Waals surface area (Å²) < 4.78 is 1.85. The summed E-state index contributed by atoms with van der Waals surface area (Å²) in [7, 11) is 1.88. The van der Waals surface area contributed by atoms with Crippen LogP contribution in [0.4, 0.5) is 11.4 Å². The van der Waals surface area contributed by atoms with Gasteiger partial charge in [-0.25, -0.2) is 4.98 Å². The van der Waals surface area contributed by atoms with Gasteiger partial charge in [0.2, 0.25) is 5.91 Å². The van der Waals surface area contributed by atoms with Gasteiger partial charge in [-0.1, -0.05) is 29.4 Å². The molecule has 6 nitrogen and oxygen atoms in total. The number of amides is 2. The Balaban J connectivity index is 1.54. The Bertz CT molecular complexity index is 956. The molecule has 27 heavy (non-hydrogen) atoms. The fraction of sp³-hybridized carbons (Fsp3) is 0.105.